The first-order chi connectivity index (χ1) is 14.4. The molecule has 3 rings (SSSR count). The summed E-state index contributed by atoms with van der Waals surface area (Å²) >= 11 is 2.17. The van der Waals surface area contributed by atoms with Crippen molar-refractivity contribution in [2.45, 2.75) is 34.8 Å². The molecule has 14 heteroatoms. The number of hydrogen-bond donors (Lipinski definition) is 0. The standard InChI is InChI=1S/C17H16F6N6S2/c1-28(2)4-3-5-29-14(25-26-27-29)31-15-24-13(9-30-15)10-6-11(16(18,19)20)8-12(7-10)17(21,22)23/h6-9H,3-5H2,1-2H3. The van der Waals surface area contributed by atoms with Gasteiger partial charge in [0, 0.05) is 17.5 Å². The minimum absolute atomic E-state index is 0.00994. The highest BCUT2D eigenvalue weighted by Gasteiger charge is 2.37. The van der Waals surface area contributed by atoms with E-state index in [1.807, 2.05) is 19.0 Å². The molecule has 0 radical (unpaired) electrons. The highest BCUT2D eigenvalue weighted by molar-refractivity contribution is 8.00. The molecule has 2 heterocycles. The fraction of sp³-hybridized carbons (Fsp3) is 0.412. The number of aryl methyl sites for hydroxylation is 1. The zero-order valence-electron chi connectivity index (χ0n) is 16.2. The van der Waals surface area contributed by atoms with Crippen molar-refractivity contribution < 1.29 is 26.3 Å². The van der Waals surface area contributed by atoms with E-state index in [2.05, 4.69) is 20.5 Å². The number of aromatic nitrogens is 5. The number of hydrogen-bond acceptors (Lipinski definition) is 7. The Morgan fingerprint density at radius 3 is 2.26 bits per heavy atom. The van der Waals surface area contributed by atoms with E-state index in [0.717, 1.165) is 36.1 Å². The topological polar surface area (TPSA) is 59.7 Å². The second kappa shape index (κ2) is 9.12. The van der Waals surface area contributed by atoms with Gasteiger partial charge in [-0.1, -0.05) is 0 Å². The van der Waals surface area contributed by atoms with Crippen molar-refractivity contribution in [3.05, 3.63) is 34.7 Å². The van der Waals surface area contributed by atoms with Crippen LogP contribution in [0.25, 0.3) is 11.3 Å². The molecule has 1 aromatic carbocycles. The lowest BCUT2D eigenvalue weighted by Crippen LogP contribution is -2.15. The highest BCUT2D eigenvalue weighted by atomic mass is 32.2. The Kier molecular flexibility index (Phi) is 6.91. The third-order valence-corrected chi connectivity index (χ3v) is 5.93. The Morgan fingerprint density at radius 2 is 1.68 bits per heavy atom. The molecule has 0 amide bonds. The van der Waals surface area contributed by atoms with Crippen LogP contribution in [0.5, 0.6) is 0 Å². The third kappa shape index (κ3) is 6.17. The zero-order chi connectivity index (χ0) is 22.8. The number of benzene rings is 1. The summed E-state index contributed by atoms with van der Waals surface area (Å²) in [5, 5.41) is 13.2. The molecular formula is C17H16F6N6S2. The van der Waals surface area contributed by atoms with Gasteiger partial charge in [-0.25, -0.2) is 9.67 Å². The number of halogens is 6. The van der Waals surface area contributed by atoms with Crippen molar-refractivity contribution >= 4 is 23.1 Å². The minimum atomic E-state index is -4.92. The maximum absolute atomic E-state index is 13.1. The van der Waals surface area contributed by atoms with E-state index in [0.29, 0.717) is 28.2 Å². The van der Waals surface area contributed by atoms with Gasteiger partial charge in [-0.05, 0) is 67.4 Å². The third-order valence-electron chi connectivity index (χ3n) is 4.02. The largest absolute Gasteiger partial charge is 0.416 e. The molecule has 0 aliphatic rings. The molecule has 6 nitrogen and oxygen atoms in total. The van der Waals surface area contributed by atoms with Gasteiger partial charge in [0.15, 0.2) is 4.34 Å². The van der Waals surface area contributed by atoms with Gasteiger partial charge in [-0.15, -0.1) is 16.4 Å². The van der Waals surface area contributed by atoms with Crippen molar-refractivity contribution in [2.24, 2.45) is 0 Å². The summed E-state index contributed by atoms with van der Waals surface area (Å²) in [6.07, 6.45) is -9.05. The van der Waals surface area contributed by atoms with Crippen LogP contribution in [-0.2, 0) is 18.9 Å². The Bertz CT molecular complexity index is 995. The number of thiazole rings is 1. The molecule has 0 unspecified atom stereocenters. The van der Waals surface area contributed by atoms with E-state index in [-0.39, 0.29) is 17.3 Å². The monoisotopic (exact) mass is 482 g/mol. The predicted molar refractivity (Wildman–Crippen MR) is 103 cm³/mol. The molecule has 0 aliphatic carbocycles. The summed E-state index contributed by atoms with van der Waals surface area (Å²) < 4.78 is 80.5. The van der Waals surface area contributed by atoms with Gasteiger partial charge in [0.25, 0.3) is 0 Å². The van der Waals surface area contributed by atoms with E-state index < -0.39 is 23.5 Å². The summed E-state index contributed by atoms with van der Waals surface area (Å²) in [7, 11) is 3.87. The summed E-state index contributed by atoms with van der Waals surface area (Å²) in [6.45, 7) is 1.37. The quantitative estimate of drug-likeness (QED) is 0.445. The molecule has 168 valence electrons. The summed E-state index contributed by atoms with van der Waals surface area (Å²) in [6, 6.07) is 1.40. The van der Waals surface area contributed by atoms with Gasteiger partial charge in [0.2, 0.25) is 5.16 Å². The molecular weight excluding hydrogens is 466 g/mol. The molecule has 0 saturated heterocycles. The average Bonchev–Trinajstić information content (AvgIpc) is 3.30. The molecule has 31 heavy (non-hydrogen) atoms. The van der Waals surface area contributed by atoms with E-state index in [9.17, 15) is 26.3 Å². The lowest BCUT2D eigenvalue weighted by atomic mass is 10.0. The number of rotatable bonds is 7. The second-order valence-electron chi connectivity index (χ2n) is 6.74. The fourth-order valence-electron chi connectivity index (χ4n) is 2.56. The number of alkyl halides is 6. The summed E-state index contributed by atoms with van der Waals surface area (Å²) in [5.41, 5.74) is -3.03. The van der Waals surface area contributed by atoms with Crippen LogP contribution in [0.15, 0.2) is 33.1 Å². The molecule has 0 saturated carbocycles. The van der Waals surface area contributed by atoms with Crippen molar-refractivity contribution in [1.82, 2.24) is 30.1 Å². The van der Waals surface area contributed by atoms with Gasteiger partial charge in [-0.3, -0.25) is 0 Å². The van der Waals surface area contributed by atoms with E-state index in [1.54, 1.807) is 4.68 Å². The van der Waals surface area contributed by atoms with Crippen LogP contribution in [0.2, 0.25) is 0 Å². The smallest absolute Gasteiger partial charge is 0.309 e. The van der Waals surface area contributed by atoms with Gasteiger partial charge in [0.05, 0.1) is 16.8 Å². The lowest BCUT2D eigenvalue weighted by Gasteiger charge is -2.13. The van der Waals surface area contributed by atoms with Crippen LogP contribution in [0.1, 0.15) is 17.5 Å². The number of tetrazole rings is 1. The highest BCUT2D eigenvalue weighted by Crippen LogP contribution is 2.39. The van der Waals surface area contributed by atoms with E-state index in [1.165, 1.54) is 5.38 Å². The molecule has 3 aromatic rings. The minimum Gasteiger partial charge on any atom is -0.309 e. The van der Waals surface area contributed by atoms with Crippen LogP contribution in [0.3, 0.4) is 0 Å². The first kappa shape index (κ1) is 23.5. The Labute approximate surface area is 181 Å². The van der Waals surface area contributed by atoms with Crippen molar-refractivity contribution in [1.29, 1.82) is 0 Å². The molecule has 0 atom stereocenters. The van der Waals surface area contributed by atoms with Gasteiger partial charge in [0.1, 0.15) is 0 Å². The molecule has 0 bridgehead atoms. The molecule has 0 spiro atoms. The fourth-order valence-corrected chi connectivity index (χ4v) is 4.29. The molecule has 0 aliphatic heterocycles. The predicted octanol–water partition coefficient (Wildman–Crippen LogP) is 4.94. The van der Waals surface area contributed by atoms with Gasteiger partial charge < -0.3 is 4.90 Å². The summed E-state index contributed by atoms with van der Waals surface area (Å²) in [4.78, 5) is 6.19. The van der Waals surface area contributed by atoms with Gasteiger partial charge in [-0.2, -0.15) is 26.3 Å². The van der Waals surface area contributed by atoms with Crippen LogP contribution >= 0.6 is 23.1 Å². The van der Waals surface area contributed by atoms with Gasteiger partial charge >= 0.3 is 12.4 Å². The molecule has 2 aromatic heterocycles. The van der Waals surface area contributed by atoms with Crippen molar-refractivity contribution in [3.63, 3.8) is 0 Å². The van der Waals surface area contributed by atoms with Crippen LogP contribution in [0, 0.1) is 0 Å². The number of nitrogens with zero attached hydrogens (tertiary/aromatic N) is 6. The average molecular weight is 482 g/mol. The zero-order valence-corrected chi connectivity index (χ0v) is 17.8. The molecule has 0 fully saturated rings. The van der Waals surface area contributed by atoms with Crippen LogP contribution in [-0.4, -0.2) is 50.7 Å². The van der Waals surface area contributed by atoms with Crippen molar-refractivity contribution in [2.75, 3.05) is 20.6 Å². The SMILES string of the molecule is CN(C)CCCn1nnnc1Sc1nc(-c2cc(C(F)(F)F)cc(C(F)(F)F)c2)cs1. The first-order valence-electron chi connectivity index (χ1n) is 8.77. The molecule has 0 N–H and O–H groups in total. The first-order valence-corrected chi connectivity index (χ1v) is 10.5. The Morgan fingerprint density at radius 1 is 1.03 bits per heavy atom. The maximum Gasteiger partial charge on any atom is 0.416 e. The van der Waals surface area contributed by atoms with Crippen LogP contribution in [0.4, 0.5) is 26.3 Å². The van der Waals surface area contributed by atoms with E-state index >= 15 is 0 Å². The Balaban J connectivity index is 1.84. The Hall–Kier alpha value is -2.19. The maximum atomic E-state index is 13.1. The second-order valence-corrected chi connectivity index (χ2v) is 8.81. The normalized spacial score (nSPS) is 12.7. The lowest BCUT2D eigenvalue weighted by molar-refractivity contribution is -0.143. The van der Waals surface area contributed by atoms with Crippen molar-refractivity contribution in [3.8, 4) is 11.3 Å². The van der Waals surface area contributed by atoms with Crippen LogP contribution < -0.4 is 0 Å². The summed E-state index contributed by atoms with van der Waals surface area (Å²) in [5.74, 6) is 0. The van der Waals surface area contributed by atoms with E-state index in [4.69, 9.17) is 0 Å².